The van der Waals surface area contributed by atoms with Crippen molar-refractivity contribution in [2.45, 2.75) is 44.7 Å². The van der Waals surface area contributed by atoms with Crippen molar-refractivity contribution in [2.24, 2.45) is 5.92 Å². The normalized spacial score (nSPS) is 36.7. The van der Waals surface area contributed by atoms with Crippen molar-refractivity contribution in [3.8, 4) is 0 Å². The highest BCUT2D eigenvalue weighted by Crippen LogP contribution is 2.36. The Kier molecular flexibility index (Phi) is 2.24. The van der Waals surface area contributed by atoms with Crippen LogP contribution in [0.5, 0.6) is 0 Å². The summed E-state index contributed by atoms with van der Waals surface area (Å²) in [4.78, 5) is 25.6. The minimum Gasteiger partial charge on any atom is -0.342 e. The number of amides is 2. The second-order valence-electron chi connectivity index (χ2n) is 4.81. The molecule has 84 valence electrons. The van der Waals surface area contributed by atoms with E-state index >= 15 is 0 Å². The Balaban J connectivity index is 2.23. The predicted molar refractivity (Wildman–Crippen MR) is 56.1 cm³/mol. The minimum absolute atomic E-state index is 0.0102. The highest BCUT2D eigenvalue weighted by molar-refractivity contribution is 5.99. The molecule has 2 amide bonds. The average Bonchev–Trinajstić information content (AvgIpc) is 3.04. The second kappa shape index (κ2) is 3.22. The van der Waals surface area contributed by atoms with E-state index in [9.17, 15) is 9.59 Å². The summed E-state index contributed by atoms with van der Waals surface area (Å²) in [6.07, 6.45) is 2.78. The van der Waals surface area contributed by atoms with Gasteiger partial charge in [0, 0.05) is 7.05 Å². The van der Waals surface area contributed by atoms with Gasteiger partial charge in [-0.1, -0.05) is 6.92 Å². The van der Waals surface area contributed by atoms with E-state index in [1.54, 1.807) is 11.9 Å². The Hall–Kier alpha value is -1.06. The number of rotatable bonds is 2. The third-order valence-electron chi connectivity index (χ3n) is 3.89. The first kappa shape index (κ1) is 10.5. The van der Waals surface area contributed by atoms with Crippen LogP contribution in [0.3, 0.4) is 0 Å². The Morgan fingerprint density at radius 2 is 2.07 bits per heavy atom. The largest absolute Gasteiger partial charge is 0.342 e. The van der Waals surface area contributed by atoms with Crippen LogP contribution in [0.2, 0.25) is 0 Å². The highest BCUT2D eigenvalue weighted by atomic mass is 16.2. The molecule has 0 spiro atoms. The summed E-state index contributed by atoms with van der Waals surface area (Å²) < 4.78 is 0. The molecule has 4 heteroatoms. The average molecular weight is 210 g/mol. The summed E-state index contributed by atoms with van der Waals surface area (Å²) in [5, 5.41) is 2.87. The first-order chi connectivity index (χ1) is 7.00. The Morgan fingerprint density at radius 3 is 2.53 bits per heavy atom. The molecule has 0 aromatic rings. The van der Waals surface area contributed by atoms with Crippen LogP contribution in [0.4, 0.5) is 0 Å². The lowest BCUT2D eigenvalue weighted by Gasteiger charge is -2.44. The predicted octanol–water partition coefficient (Wildman–Crippen LogP) is 0.522. The minimum atomic E-state index is -0.664. The molecule has 2 unspecified atom stereocenters. The quantitative estimate of drug-likeness (QED) is 0.722. The summed E-state index contributed by atoms with van der Waals surface area (Å²) in [5.74, 6) is 0.441. The topological polar surface area (TPSA) is 49.4 Å². The zero-order valence-electron chi connectivity index (χ0n) is 9.54. The number of carbonyl (C=O) groups excluding carboxylic acids is 2. The molecule has 2 fully saturated rings. The van der Waals surface area contributed by atoms with Crippen molar-refractivity contribution < 1.29 is 9.59 Å². The van der Waals surface area contributed by atoms with Crippen molar-refractivity contribution in [2.75, 3.05) is 7.05 Å². The molecule has 0 aromatic carbocycles. The molecule has 1 aliphatic heterocycles. The van der Waals surface area contributed by atoms with Crippen LogP contribution in [0.25, 0.3) is 0 Å². The van der Waals surface area contributed by atoms with Crippen LogP contribution in [-0.2, 0) is 9.59 Å². The summed E-state index contributed by atoms with van der Waals surface area (Å²) in [5.41, 5.74) is -0.664. The maximum absolute atomic E-state index is 12.0. The zero-order chi connectivity index (χ0) is 11.2. The van der Waals surface area contributed by atoms with E-state index in [1.807, 2.05) is 13.8 Å². The lowest BCUT2D eigenvalue weighted by Crippen LogP contribution is -2.68. The fourth-order valence-corrected chi connectivity index (χ4v) is 2.11. The molecule has 2 rings (SSSR count). The summed E-state index contributed by atoms with van der Waals surface area (Å²) >= 11 is 0. The van der Waals surface area contributed by atoms with E-state index in [4.69, 9.17) is 0 Å². The van der Waals surface area contributed by atoms with Crippen molar-refractivity contribution in [1.29, 1.82) is 0 Å². The Morgan fingerprint density at radius 1 is 1.47 bits per heavy atom. The molecule has 1 saturated heterocycles. The van der Waals surface area contributed by atoms with Crippen LogP contribution in [0.15, 0.2) is 0 Å². The van der Waals surface area contributed by atoms with Crippen LogP contribution in [0, 0.1) is 5.92 Å². The lowest BCUT2D eigenvalue weighted by molar-refractivity contribution is -0.155. The SMILES string of the molecule is CCC1(C)C(=O)NC(C2CC2)C(=O)N1C. The van der Waals surface area contributed by atoms with Crippen molar-refractivity contribution in [1.82, 2.24) is 10.2 Å². The van der Waals surface area contributed by atoms with Crippen LogP contribution < -0.4 is 5.32 Å². The summed E-state index contributed by atoms with van der Waals surface area (Å²) in [6.45, 7) is 3.75. The zero-order valence-corrected chi connectivity index (χ0v) is 9.54. The van der Waals surface area contributed by atoms with Gasteiger partial charge in [0.1, 0.15) is 11.6 Å². The molecule has 0 bridgehead atoms. The monoisotopic (exact) mass is 210 g/mol. The molecule has 1 aliphatic carbocycles. The van der Waals surface area contributed by atoms with Crippen LogP contribution in [-0.4, -0.2) is 35.3 Å². The van der Waals surface area contributed by atoms with E-state index in [2.05, 4.69) is 5.32 Å². The number of hydrogen-bond donors (Lipinski definition) is 1. The van der Waals surface area contributed by atoms with Gasteiger partial charge in [-0.05, 0) is 32.1 Å². The highest BCUT2D eigenvalue weighted by Gasteiger charge is 2.50. The van der Waals surface area contributed by atoms with Crippen molar-refractivity contribution in [3.63, 3.8) is 0 Å². The first-order valence-corrected chi connectivity index (χ1v) is 5.59. The maximum atomic E-state index is 12.0. The summed E-state index contributed by atoms with van der Waals surface area (Å²) in [7, 11) is 1.74. The standard InChI is InChI=1S/C11H18N2O2/c1-4-11(2)10(15)12-8(7-5-6-7)9(14)13(11)3/h7-8H,4-6H2,1-3H3,(H,12,15). The van der Waals surface area contributed by atoms with Gasteiger partial charge in [-0.3, -0.25) is 9.59 Å². The fourth-order valence-electron chi connectivity index (χ4n) is 2.11. The molecule has 15 heavy (non-hydrogen) atoms. The van der Waals surface area contributed by atoms with Gasteiger partial charge in [0.2, 0.25) is 11.8 Å². The second-order valence-corrected chi connectivity index (χ2v) is 4.81. The van der Waals surface area contributed by atoms with Gasteiger partial charge in [-0.15, -0.1) is 0 Å². The van der Waals surface area contributed by atoms with Crippen LogP contribution in [0.1, 0.15) is 33.1 Å². The number of likely N-dealkylation sites (N-methyl/N-ethyl adjacent to an activating group) is 1. The molecule has 0 radical (unpaired) electrons. The number of nitrogens with zero attached hydrogens (tertiary/aromatic N) is 1. The van der Waals surface area contributed by atoms with Gasteiger partial charge < -0.3 is 10.2 Å². The maximum Gasteiger partial charge on any atom is 0.246 e. The molecule has 1 heterocycles. The third-order valence-corrected chi connectivity index (χ3v) is 3.89. The smallest absolute Gasteiger partial charge is 0.246 e. The van der Waals surface area contributed by atoms with Gasteiger partial charge in [-0.25, -0.2) is 0 Å². The van der Waals surface area contributed by atoms with Gasteiger partial charge in [0.15, 0.2) is 0 Å². The number of hydrogen-bond acceptors (Lipinski definition) is 2. The number of piperazine rings is 1. The van der Waals surface area contributed by atoms with Gasteiger partial charge in [-0.2, -0.15) is 0 Å². The molecule has 4 nitrogen and oxygen atoms in total. The van der Waals surface area contributed by atoms with E-state index in [-0.39, 0.29) is 17.9 Å². The van der Waals surface area contributed by atoms with E-state index in [0.717, 1.165) is 12.8 Å². The van der Waals surface area contributed by atoms with E-state index in [1.165, 1.54) is 0 Å². The molecule has 2 aliphatic rings. The third kappa shape index (κ3) is 1.43. The molecule has 1 saturated carbocycles. The summed E-state index contributed by atoms with van der Waals surface area (Å²) in [6, 6.07) is -0.262. The van der Waals surface area contributed by atoms with Gasteiger partial charge >= 0.3 is 0 Å². The Labute approximate surface area is 90.0 Å². The molecule has 1 N–H and O–H groups in total. The molecular weight excluding hydrogens is 192 g/mol. The van der Waals surface area contributed by atoms with E-state index in [0.29, 0.717) is 12.3 Å². The molecule has 2 atom stereocenters. The Bertz CT molecular complexity index is 312. The van der Waals surface area contributed by atoms with Crippen molar-refractivity contribution in [3.05, 3.63) is 0 Å². The molecule has 0 aromatic heterocycles. The van der Waals surface area contributed by atoms with Gasteiger partial charge in [0.05, 0.1) is 0 Å². The number of nitrogens with one attached hydrogen (secondary N) is 1. The number of carbonyl (C=O) groups is 2. The fraction of sp³-hybridized carbons (Fsp3) is 0.818. The van der Waals surface area contributed by atoms with Gasteiger partial charge in [0.25, 0.3) is 0 Å². The molecular formula is C11H18N2O2. The van der Waals surface area contributed by atoms with E-state index < -0.39 is 5.54 Å². The lowest BCUT2D eigenvalue weighted by atomic mass is 9.90. The van der Waals surface area contributed by atoms with Crippen LogP contribution >= 0.6 is 0 Å². The van der Waals surface area contributed by atoms with Crippen molar-refractivity contribution >= 4 is 11.8 Å². The first-order valence-electron chi connectivity index (χ1n) is 5.59.